The van der Waals surface area contributed by atoms with Gasteiger partial charge in [-0.15, -0.1) is 0 Å². The number of ether oxygens (including phenoxy) is 1. The number of aromatic amines is 1. The van der Waals surface area contributed by atoms with E-state index in [2.05, 4.69) is 20.7 Å². The average molecular weight is 544 g/mol. The van der Waals surface area contributed by atoms with Crippen LogP contribution in [0.15, 0.2) is 35.4 Å². The maximum Gasteiger partial charge on any atom is 0.471 e. The summed E-state index contributed by atoms with van der Waals surface area (Å²) in [4.78, 5) is 33.3. The minimum atomic E-state index is -5.12. The van der Waals surface area contributed by atoms with Gasteiger partial charge in [0.1, 0.15) is 11.8 Å². The van der Waals surface area contributed by atoms with Crippen molar-refractivity contribution in [3.63, 3.8) is 0 Å². The van der Waals surface area contributed by atoms with E-state index in [0.29, 0.717) is 5.52 Å². The Morgan fingerprint density at radius 2 is 1.83 bits per heavy atom. The molecule has 12 nitrogen and oxygen atoms in total. The first kappa shape index (κ1) is 26.1. The smallest absolute Gasteiger partial charge is 0.465 e. The lowest BCUT2D eigenvalue weighted by Crippen LogP contribution is -2.34. The first-order valence-corrected chi connectivity index (χ1v) is 9.96. The summed E-state index contributed by atoms with van der Waals surface area (Å²) in [5.41, 5.74) is 1.92. The van der Waals surface area contributed by atoms with Crippen molar-refractivity contribution < 1.29 is 37.4 Å². The number of H-pyrrole nitrogens is 1. The predicted octanol–water partition coefficient (Wildman–Crippen LogP) is 4.25. The number of nitrogens with zero attached hydrogens (tertiary/aromatic N) is 3. The van der Waals surface area contributed by atoms with E-state index >= 15 is 0 Å². The third kappa shape index (κ3) is 6.11. The lowest BCUT2D eigenvalue weighted by atomic mass is 10.2. The van der Waals surface area contributed by atoms with Gasteiger partial charge in [0.2, 0.25) is 5.71 Å². The fraction of sp³-hybridized carbons (Fsp3) is 0.0526. The molecule has 3 amide bonds. The average Bonchev–Trinajstić information content (AvgIpc) is 3.17. The number of carboxylic acid groups (broad SMARTS) is 1. The zero-order valence-electron chi connectivity index (χ0n) is 17.2. The molecule has 0 radical (unpaired) electrons. The Morgan fingerprint density at radius 1 is 1.17 bits per heavy atom. The van der Waals surface area contributed by atoms with Crippen LogP contribution in [0, 0.1) is 11.3 Å². The van der Waals surface area contributed by atoms with E-state index in [0.717, 1.165) is 0 Å². The fourth-order valence-electron chi connectivity index (χ4n) is 2.57. The molecule has 2 aromatic carbocycles. The third-order valence-electron chi connectivity index (χ3n) is 4.08. The van der Waals surface area contributed by atoms with Crippen LogP contribution in [-0.2, 0) is 9.59 Å². The topological polar surface area (TPSA) is 182 Å². The summed E-state index contributed by atoms with van der Waals surface area (Å²) in [6.07, 6.45) is -6.80. The number of amides is 3. The lowest BCUT2D eigenvalue weighted by molar-refractivity contribution is -0.167. The fourth-order valence-corrected chi connectivity index (χ4v) is 3.14. The van der Waals surface area contributed by atoms with Crippen molar-refractivity contribution in [2.24, 2.45) is 5.10 Å². The molecule has 0 fully saturated rings. The maximum absolute atomic E-state index is 12.6. The van der Waals surface area contributed by atoms with Crippen molar-refractivity contribution >= 4 is 69.2 Å². The van der Waals surface area contributed by atoms with Crippen LogP contribution >= 0.6 is 23.2 Å². The highest BCUT2D eigenvalue weighted by molar-refractivity contribution is 6.46. The molecule has 5 N–H and O–H groups in total. The van der Waals surface area contributed by atoms with Crippen molar-refractivity contribution in [3.05, 3.63) is 40.4 Å². The monoisotopic (exact) mass is 543 g/mol. The molecule has 17 heteroatoms. The summed E-state index contributed by atoms with van der Waals surface area (Å²) >= 11 is 12.4. The predicted molar refractivity (Wildman–Crippen MR) is 120 cm³/mol. The number of hydrogen-bond donors (Lipinski definition) is 5. The standard InChI is InChI=1S/C19H10Cl2F3N7O5/c20-10-3-7(28-30-13(6-25)16(32)27-18(34)35)4-11(21)14(10)36-8-1-2-12-9(5-8)15(31-29-12)26-17(33)19(22,23)24/h1-5,28H,(H,27,32)(H,34,35)(H2,26,29,31,33)/b30-13-. The molecule has 0 atom stereocenters. The maximum atomic E-state index is 12.6. The van der Waals surface area contributed by atoms with E-state index < -0.39 is 29.8 Å². The Morgan fingerprint density at radius 3 is 2.42 bits per heavy atom. The van der Waals surface area contributed by atoms with Crippen molar-refractivity contribution in [1.82, 2.24) is 15.5 Å². The number of fused-ring (bicyclic) bond motifs is 1. The van der Waals surface area contributed by atoms with Crippen LogP contribution in [0.1, 0.15) is 0 Å². The molecule has 0 spiro atoms. The third-order valence-corrected chi connectivity index (χ3v) is 4.64. The highest BCUT2D eigenvalue weighted by Gasteiger charge is 2.39. The van der Waals surface area contributed by atoms with Gasteiger partial charge in [-0.2, -0.15) is 28.6 Å². The van der Waals surface area contributed by atoms with Gasteiger partial charge in [0.05, 0.1) is 21.2 Å². The Bertz CT molecular complexity index is 1430. The van der Waals surface area contributed by atoms with Crippen molar-refractivity contribution in [3.8, 4) is 17.6 Å². The van der Waals surface area contributed by atoms with E-state index in [-0.39, 0.29) is 38.4 Å². The van der Waals surface area contributed by atoms with E-state index in [1.165, 1.54) is 41.7 Å². The summed E-state index contributed by atoms with van der Waals surface area (Å²) in [6, 6.07) is 8.06. The number of aromatic nitrogens is 2. The van der Waals surface area contributed by atoms with Crippen LogP contribution in [0.4, 0.5) is 29.5 Å². The molecular formula is C19H10Cl2F3N7O5. The molecule has 0 aliphatic rings. The molecule has 0 unspecified atom stereocenters. The van der Waals surface area contributed by atoms with Crippen LogP contribution in [0.5, 0.6) is 11.5 Å². The van der Waals surface area contributed by atoms with E-state index in [1.54, 1.807) is 5.32 Å². The highest BCUT2D eigenvalue weighted by atomic mass is 35.5. The Labute approximate surface area is 207 Å². The number of hydrazone groups is 1. The molecule has 3 rings (SSSR count). The first-order valence-electron chi connectivity index (χ1n) is 9.20. The van der Waals surface area contributed by atoms with Crippen molar-refractivity contribution in [1.29, 1.82) is 5.26 Å². The minimum absolute atomic E-state index is 0.0688. The summed E-state index contributed by atoms with van der Waals surface area (Å²) in [7, 11) is 0. The molecule has 0 aliphatic carbocycles. The number of halogens is 5. The van der Waals surface area contributed by atoms with E-state index in [4.69, 9.17) is 38.3 Å². The molecule has 1 heterocycles. The number of carbonyl (C=O) groups is 3. The minimum Gasteiger partial charge on any atom is -0.465 e. The Hall–Kier alpha value is -4.55. The molecule has 1 aromatic heterocycles. The first-order chi connectivity index (χ1) is 16.9. The van der Waals surface area contributed by atoms with Crippen LogP contribution in [0.25, 0.3) is 10.9 Å². The number of carbonyl (C=O) groups excluding carboxylic acids is 2. The number of imide groups is 1. The number of anilines is 2. The van der Waals surface area contributed by atoms with Crippen molar-refractivity contribution in [2.45, 2.75) is 6.18 Å². The summed E-state index contributed by atoms with van der Waals surface area (Å²) < 4.78 is 43.3. The van der Waals surface area contributed by atoms with Crippen LogP contribution in [-0.4, -0.2) is 45.1 Å². The van der Waals surface area contributed by atoms with Gasteiger partial charge in [-0.05, 0) is 30.3 Å². The second-order valence-corrected chi connectivity index (χ2v) is 7.36. The number of alkyl halides is 3. The highest BCUT2D eigenvalue weighted by Crippen LogP contribution is 2.40. The van der Waals surface area contributed by atoms with E-state index in [1.807, 2.05) is 0 Å². The Kier molecular flexibility index (Phi) is 7.51. The largest absolute Gasteiger partial charge is 0.471 e. The molecule has 186 valence electrons. The number of benzene rings is 2. The zero-order chi connectivity index (χ0) is 26.6. The molecule has 0 aliphatic heterocycles. The quantitative estimate of drug-likeness (QED) is 0.226. The molecule has 0 saturated heterocycles. The molecule has 0 saturated carbocycles. The molecular weight excluding hydrogens is 534 g/mol. The zero-order valence-corrected chi connectivity index (χ0v) is 18.7. The number of nitriles is 1. The summed E-state index contributed by atoms with van der Waals surface area (Å²) in [5, 5.41) is 30.1. The summed E-state index contributed by atoms with van der Waals surface area (Å²) in [5.74, 6) is -3.85. The second kappa shape index (κ2) is 10.4. The van der Waals surface area contributed by atoms with Gasteiger partial charge >= 0.3 is 18.2 Å². The number of nitrogens with one attached hydrogen (secondary N) is 4. The van der Waals surface area contributed by atoms with Gasteiger partial charge in [0.25, 0.3) is 5.91 Å². The van der Waals surface area contributed by atoms with E-state index in [9.17, 15) is 27.6 Å². The summed E-state index contributed by atoms with van der Waals surface area (Å²) in [6.45, 7) is 0. The molecule has 3 aromatic rings. The second-order valence-electron chi connectivity index (χ2n) is 6.55. The van der Waals surface area contributed by atoms with Gasteiger partial charge in [0.15, 0.2) is 11.6 Å². The molecule has 0 bridgehead atoms. The number of rotatable bonds is 6. The number of hydrogen-bond acceptors (Lipinski definition) is 8. The SMILES string of the molecule is N#C/C(=N/Nc1cc(Cl)c(Oc2ccc3[nH]nc(NC(=O)C(F)(F)F)c3c2)c(Cl)c1)C(=O)NC(=O)O. The van der Waals surface area contributed by atoms with Crippen LogP contribution in [0.2, 0.25) is 10.0 Å². The van der Waals surface area contributed by atoms with Crippen LogP contribution < -0.4 is 20.8 Å². The van der Waals surface area contributed by atoms with Gasteiger partial charge in [-0.25, -0.2) is 4.79 Å². The normalized spacial score (nSPS) is 11.5. The van der Waals surface area contributed by atoms with Gasteiger partial charge < -0.3 is 15.2 Å². The van der Waals surface area contributed by atoms with Gasteiger partial charge in [0, 0.05) is 5.39 Å². The Balaban J connectivity index is 1.83. The molecule has 36 heavy (non-hydrogen) atoms. The lowest BCUT2D eigenvalue weighted by Gasteiger charge is -2.12. The van der Waals surface area contributed by atoms with Gasteiger partial charge in [-0.3, -0.25) is 25.4 Å². The van der Waals surface area contributed by atoms with Crippen molar-refractivity contribution in [2.75, 3.05) is 10.7 Å². The van der Waals surface area contributed by atoms with Gasteiger partial charge in [-0.1, -0.05) is 23.2 Å². The van der Waals surface area contributed by atoms with Crippen LogP contribution in [0.3, 0.4) is 0 Å².